The highest BCUT2D eigenvalue weighted by Gasteiger charge is 2.55. The molecule has 0 spiro atoms. The molecule has 4 aliphatic carbocycles. The van der Waals surface area contributed by atoms with Crippen LogP contribution in [-0.4, -0.2) is 0 Å². The molecule has 0 bridgehead atoms. The molecular formula is C42H56. The fourth-order valence-electron chi connectivity index (χ4n) is 9.43. The van der Waals surface area contributed by atoms with Gasteiger partial charge in [0, 0.05) is 0 Å². The average molecular weight is 561 g/mol. The summed E-state index contributed by atoms with van der Waals surface area (Å²) >= 11 is 0. The molecule has 2 fully saturated rings. The molecule has 42 heavy (non-hydrogen) atoms. The van der Waals surface area contributed by atoms with Crippen LogP contribution < -0.4 is 0 Å². The molecule has 0 nitrogen and oxygen atoms in total. The van der Waals surface area contributed by atoms with Crippen LogP contribution in [0.15, 0.2) is 90.1 Å². The lowest BCUT2D eigenvalue weighted by Crippen LogP contribution is -2.31. The van der Waals surface area contributed by atoms with Gasteiger partial charge in [0.2, 0.25) is 0 Å². The molecule has 0 heteroatoms. The normalized spacial score (nSPS) is 33.8. The molecule has 0 radical (unpaired) electrons. The van der Waals surface area contributed by atoms with Crippen LogP contribution >= 0.6 is 0 Å². The summed E-state index contributed by atoms with van der Waals surface area (Å²) in [7, 11) is 0. The van der Waals surface area contributed by atoms with Gasteiger partial charge in [0.15, 0.2) is 0 Å². The van der Waals surface area contributed by atoms with E-state index in [0.717, 1.165) is 11.8 Å². The lowest BCUT2D eigenvalue weighted by molar-refractivity contribution is 0.196. The number of rotatable bonds is 3. The van der Waals surface area contributed by atoms with Gasteiger partial charge < -0.3 is 0 Å². The zero-order valence-corrected chi connectivity index (χ0v) is 28.1. The molecule has 2 saturated carbocycles. The van der Waals surface area contributed by atoms with E-state index in [1.807, 2.05) is 0 Å². The maximum Gasteiger partial charge on any atom is -0.00848 e. The Labute approximate surface area is 257 Å². The lowest BCUT2D eigenvalue weighted by atomic mass is 9.64. The van der Waals surface area contributed by atoms with E-state index in [0.29, 0.717) is 46.8 Å². The maximum atomic E-state index is 2.72. The molecule has 7 unspecified atom stereocenters. The van der Waals surface area contributed by atoms with Crippen LogP contribution in [0.1, 0.15) is 93.6 Å². The third-order valence-corrected chi connectivity index (χ3v) is 11.9. The highest BCUT2D eigenvalue weighted by atomic mass is 14.6. The monoisotopic (exact) mass is 560 g/mol. The van der Waals surface area contributed by atoms with Crippen LogP contribution in [0.5, 0.6) is 0 Å². The average Bonchev–Trinajstić information content (AvgIpc) is 3.46. The largest absolute Gasteiger partial charge is 0.0802 e. The third kappa shape index (κ3) is 5.20. The van der Waals surface area contributed by atoms with Crippen LogP contribution in [0.3, 0.4) is 0 Å². The highest BCUT2D eigenvalue weighted by molar-refractivity contribution is 5.86. The summed E-state index contributed by atoms with van der Waals surface area (Å²) in [5, 5.41) is 2.88. The second-order valence-electron chi connectivity index (χ2n) is 17.6. The first kappa shape index (κ1) is 29.7. The molecule has 0 aromatic heterocycles. The summed E-state index contributed by atoms with van der Waals surface area (Å²) in [4.78, 5) is 0. The second kappa shape index (κ2) is 10.4. The summed E-state index contributed by atoms with van der Waals surface area (Å²) in [5.74, 6) is 5.62. The van der Waals surface area contributed by atoms with Crippen molar-refractivity contribution in [3.05, 3.63) is 95.6 Å². The Morgan fingerprint density at radius 1 is 0.643 bits per heavy atom. The summed E-state index contributed by atoms with van der Waals surface area (Å²) in [6, 6.07) is 16.4. The van der Waals surface area contributed by atoms with Gasteiger partial charge in [-0.1, -0.05) is 148 Å². The summed E-state index contributed by atoms with van der Waals surface area (Å²) < 4.78 is 0. The Bertz CT molecular complexity index is 1380. The third-order valence-electron chi connectivity index (χ3n) is 11.9. The number of allylic oxidation sites excluding steroid dienone is 8. The van der Waals surface area contributed by atoms with E-state index in [1.165, 1.54) is 34.8 Å². The first-order valence-electron chi connectivity index (χ1n) is 16.9. The van der Waals surface area contributed by atoms with Gasteiger partial charge in [-0.05, 0) is 110 Å². The van der Waals surface area contributed by atoms with E-state index < -0.39 is 0 Å². The van der Waals surface area contributed by atoms with E-state index in [-0.39, 0.29) is 10.8 Å². The van der Waals surface area contributed by atoms with Gasteiger partial charge in [0.05, 0.1) is 0 Å². The smallest absolute Gasteiger partial charge is 0.00848 e. The van der Waals surface area contributed by atoms with Crippen molar-refractivity contribution in [1.29, 1.82) is 0 Å². The SMILES string of the molecule is CC1CC(C(C)(C)C)CC1[C@@H](c1cccc2ccccc12)C1C2C=CC(C(C)(C)C)=CC2C2C=C(C(C)(C)C)C=CC21. The minimum Gasteiger partial charge on any atom is -0.0802 e. The van der Waals surface area contributed by atoms with Gasteiger partial charge in [-0.3, -0.25) is 0 Å². The van der Waals surface area contributed by atoms with E-state index >= 15 is 0 Å². The predicted molar refractivity (Wildman–Crippen MR) is 182 cm³/mol. The predicted octanol–water partition coefficient (Wildman–Crippen LogP) is 11.8. The number of hydrogen-bond acceptors (Lipinski definition) is 0. The van der Waals surface area contributed by atoms with Crippen LogP contribution in [-0.2, 0) is 0 Å². The van der Waals surface area contributed by atoms with E-state index in [9.17, 15) is 0 Å². The van der Waals surface area contributed by atoms with E-state index in [4.69, 9.17) is 0 Å². The zero-order valence-electron chi connectivity index (χ0n) is 28.1. The Hall–Kier alpha value is -2.34. The van der Waals surface area contributed by atoms with Crippen molar-refractivity contribution < 1.29 is 0 Å². The molecular weight excluding hydrogens is 504 g/mol. The highest BCUT2D eigenvalue weighted by Crippen LogP contribution is 2.63. The Kier molecular flexibility index (Phi) is 7.35. The Balaban J connectivity index is 1.53. The number of hydrogen-bond donors (Lipinski definition) is 0. The summed E-state index contributed by atoms with van der Waals surface area (Å²) in [6.07, 6.45) is 18.5. The van der Waals surface area contributed by atoms with Crippen LogP contribution in [0.2, 0.25) is 0 Å². The molecule has 8 atom stereocenters. The van der Waals surface area contributed by atoms with Gasteiger partial charge >= 0.3 is 0 Å². The molecule has 224 valence electrons. The van der Waals surface area contributed by atoms with Crippen LogP contribution in [0.25, 0.3) is 10.8 Å². The van der Waals surface area contributed by atoms with Crippen molar-refractivity contribution >= 4 is 10.8 Å². The Morgan fingerprint density at radius 2 is 1.19 bits per heavy atom. The molecule has 6 rings (SSSR count). The number of fused-ring (bicyclic) bond motifs is 4. The molecule has 2 aromatic carbocycles. The molecule has 0 aliphatic heterocycles. The first-order chi connectivity index (χ1) is 19.6. The number of benzene rings is 2. The summed E-state index contributed by atoms with van der Waals surface area (Å²) in [5.41, 5.74) is 5.36. The van der Waals surface area contributed by atoms with E-state index in [2.05, 4.69) is 148 Å². The van der Waals surface area contributed by atoms with Gasteiger partial charge in [0.25, 0.3) is 0 Å². The summed E-state index contributed by atoms with van der Waals surface area (Å²) in [6.45, 7) is 24.3. The minimum atomic E-state index is 0.172. The second-order valence-corrected chi connectivity index (χ2v) is 17.6. The van der Waals surface area contributed by atoms with Crippen molar-refractivity contribution in [3.8, 4) is 0 Å². The molecule has 0 N–H and O–H groups in total. The van der Waals surface area contributed by atoms with Gasteiger partial charge in [-0.2, -0.15) is 0 Å². The topological polar surface area (TPSA) is 0 Å². The quantitative estimate of drug-likeness (QED) is 0.350. The zero-order chi connectivity index (χ0) is 30.2. The van der Waals surface area contributed by atoms with Crippen molar-refractivity contribution in [3.63, 3.8) is 0 Å². The van der Waals surface area contributed by atoms with Gasteiger partial charge in [-0.25, -0.2) is 0 Å². The maximum absolute atomic E-state index is 2.72. The first-order valence-corrected chi connectivity index (χ1v) is 16.9. The van der Waals surface area contributed by atoms with E-state index in [1.54, 1.807) is 5.56 Å². The molecule has 4 aliphatic rings. The Morgan fingerprint density at radius 3 is 1.71 bits per heavy atom. The lowest BCUT2D eigenvalue weighted by Gasteiger charge is -2.40. The van der Waals surface area contributed by atoms with Crippen molar-refractivity contribution in [2.24, 2.45) is 63.6 Å². The van der Waals surface area contributed by atoms with Crippen molar-refractivity contribution in [2.75, 3.05) is 0 Å². The van der Waals surface area contributed by atoms with Crippen molar-refractivity contribution in [1.82, 2.24) is 0 Å². The van der Waals surface area contributed by atoms with Gasteiger partial charge in [0.1, 0.15) is 0 Å². The molecule has 0 amide bonds. The molecule has 2 aromatic rings. The standard InChI is InChI=1S/C42H56/c1-26-22-30(42(8,9)10)25-35(26)39(32-17-13-15-27-14-11-12-16-31(27)32)38-33-20-18-28(40(2,3)4)23-36(33)37-24-29(41(5,6)7)19-21-34(37)38/h11-21,23-24,26,30,33-39H,22,25H2,1-10H3/t26?,30?,33?,34?,35?,36?,37?,38?,39-/m1/s1. The van der Waals surface area contributed by atoms with Crippen LogP contribution in [0, 0.1) is 63.6 Å². The van der Waals surface area contributed by atoms with Gasteiger partial charge in [-0.15, -0.1) is 0 Å². The van der Waals surface area contributed by atoms with Crippen LogP contribution in [0.4, 0.5) is 0 Å². The molecule has 0 heterocycles. The molecule has 0 saturated heterocycles. The fraction of sp³-hybridized carbons (Fsp3) is 0.571. The minimum absolute atomic E-state index is 0.172. The fourth-order valence-corrected chi connectivity index (χ4v) is 9.43. The van der Waals surface area contributed by atoms with Crippen molar-refractivity contribution in [2.45, 2.75) is 88.0 Å².